The number of aromatic nitrogens is 2. The van der Waals surface area contributed by atoms with Crippen molar-refractivity contribution in [2.45, 2.75) is 13.3 Å². The van der Waals surface area contributed by atoms with Gasteiger partial charge in [-0.15, -0.1) is 10.2 Å². The molecule has 0 saturated heterocycles. The van der Waals surface area contributed by atoms with E-state index in [-0.39, 0.29) is 18.1 Å². The summed E-state index contributed by atoms with van der Waals surface area (Å²) < 4.78 is 23.6. The molecule has 8 heteroatoms. The molecule has 146 valence electrons. The Bertz CT molecular complexity index is 960. The number of amides is 1. The average molecular weight is 401 g/mol. The van der Waals surface area contributed by atoms with Crippen molar-refractivity contribution < 1.29 is 18.7 Å². The lowest BCUT2D eigenvalue weighted by Crippen LogP contribution is -2.31. The van der Waals surface area contributed by atoms with Crippen molar-refractivity contribution in [2.75, 3.05) is 25.7 Å². The van der Waals surface area contributed by atoms with E-state index >= 15 is 0 Å². The highest BCUT2D eigenvalue weighted by molar-refractivity contribution is 7.18. The number of halogens is 1. The quantitative estimate of drug-likeness (QED) is 0.600. The van der Waals surface area contributed by atoms with Gasteiger partial charge in [-0.25, -0.2) is 4.39 Å². The third kappa shape index (κ3) is 4.28. The van der Waals surface area contributed by atoms with Gasteiger partial charge in [-0.05, 0) is 48.9 Å². The normalized spacial score (nSPS) is 10.6. The van der Waals surface area contributed by atoms with Crippen LogP contribution in [-0.4, -0.2) is 36.9 Å². The molecule has 0 N–H and O–H groups in total. The molecule has 1 amide bonds. The van der Waals surface area contributed by atoms with Gasteiger partial charge in [-0.1, -0.05) is 17.4 Å². The summed E-state index contributed by atoms with van der Waals surface area (Å²) in [6.45, 7) is 2.34. The van der Waals surface area contributed by atoms with E-state index in [1.165, 1.54) is 23.5 Å². The van der Waals surface area contributed by atoms with Crippen LogP contribution in [-0.2, 0) is 11.2 Å². The fourth-order valence-corrected chi connectivity index (χ4v) is 3.64. The maximum Gasteiger partial charge on any atom is 0.233 e. The van der Waals surface area contributed by atoms with Gasteiger partial charge in [0.1, 0.15) is 10.8 Å². The molecule has 0 spiro atoms. The molecule has 6 nitrogen and oxygen atoms in total. The first-order valence-electron chi connectivity index (χ1n) is 8.66. The first kappa shape index (κ1) is 19.8. The van der Waals surface area contributed by atoms with Crippen LogP contribution < -0.4 is 14.4 Å². The van der Waals surface area contributed by atoms with E-state index in [1.54, 1.807) is 43.4 Å². The van der Waals surface area contributed by atoms with Gasteiger partial charge < -0.3 is 9.47 Å². The van der Waals surface area contributed by atoms with E-state index in [0.717, 1.165) is 11.1 Å². The van der Waals surface area contributed by atoms with Crippen LogP contribution in [0.4, 0.5) is 9.52 Å². The molecule has 3 aromatic rings. The fraction of sp³-hybridized carbons (Fsp3) is 0.250. The molecule has 2 aromatic carbocycles. The van der Waals surface area contributed by atoms with Crippen LogP contribution in [0.5, 0.6) is 11.5 Å². The zero-order chi connectivity index (χ0) is 20.1. The number of benzene rings is 2. The molecule has 3 rings (SSSR count). The Kier molecular flexibility index (Phi) is 6.20. The van der Waals surface area contributed by atoms with Crippen LogP contribution in [0.3, 0.4) is 0 Å². The van der Waals surface area contributed by atoms with E-state index in [4.69, 9.17) is 9.47 Å². The van der Waals surface area contributed by atoms with Gasteiger partial charge in [0.15, 0.2) is 11.5 Å². The van der Waals surface area contributed by atoms with Gasteiger partial charge >= 0.3 is 0 Å². The number of anilines is 1. The van der Waals surface area contributed by atoms with Gasteiger partial charge in [-0.2, -0.15) is 0 Å². The second-order valence-corrected chi connectivity index (χ2v) is 6.86. The predicted molar refractivity (Wildman–Crippen MR) is 107 cm³/mol. The van der Waals surface area contributed by atoms with E-state index in [2.05, 4.69) is 10.2 Å². The highest BCUT2D eigenvalue weighted by Gasteiger charge is 2.20. The number of carbonyl (C=O) groups is 1. The van der Waals surface area contributed by atoms with Crippen molar-refractivity contribution in [3.05, 3.63) is 53.8 Å². The zero-order valence-electron chi connectivity index (χ0n) is 15.8. The van der Waals surface area contributed by atoms with Crippen molar-refractivity contribution in [2.24, 2.45) is 0 Å². The number of rotatable bonds is 7. The molecule has 0 bridgehead atoms. The molecule has 0 aliphatic heterocycles. The van der Waals surface area contributed by atoms with Gasteiger partial charge in [0.25, 0.3) is 0 Å². The number of hydrogen-bond donors (Lipinski definition) is 0. The topological polar surface area (TPSA) is 64.6 Å². The second kappa shape index (κ2) is 8.79. The molecule has 1 heterocycles. The molecule has 1 aromatic heterocycles. The van der Waals surface area contributed by atoms with Crippen LogP contribution >= 0.6 is 11.3 Å². The number of carbonyl (C=O) groups excluding carboxylic acids is 1. The molecule has 0 atom stereocenters. The van der Waals surface area contributed by atoms with E-state index < -0.39 is 0 Å². The second-order valence-electron chi connectivity index (χ2n) is 5.90. The van der Waals surface area contributed by atoms with E-state index in [9.17, 15) is 9.18 Å². The smallest absolute Gasteiger partial charge is 0.233 e. The van der Waals surface area contributed by atoms with Crippen molar-refractivity contribution in [1.29, 1.82) is 0 Å². The first-order valence-corrected chi connectivity index (χ1v) is 9.48. The highest BCUT2D eigenvalue weighted by atomic mass is 32.1. The lowest BCUT2D eigenvalue weighted by molar-refractivity contribution is -0.117. The third-order valence-electron chi connectivity index (χ3n) is 4.16. The molecule has 0 saturated carbocycles. The summed E-state index contributed by atoms with van der Waals surface area (Å²) in [7, 11) is 3.12. The van der Waals surface area contributed by atoms with E-state index in [1.807, 2.05) is 13.0 Å². The van der Waals surface area contributed by atoms with Crippen LogP contribution in [0.2, 0.25) is 0 Å². The number of ether oxygens (including phenoxy) is 2. The summed E-state index contributed by atoms with van der Waals surface area (Å²) >= 11 is 1.29. The largest absolute Gasteiger partial charge is 0.493 e. The Hall–Kier alpha value is -3.00. The van der Waals surface area contributed by atoms with Crippen LogP contribution in [0.1, 0.15) is 12.5 Å². The summed E-state index contributed by atoms with van der Waals surface area (Å²) in [6.07, 6.45) is 0.194. The maximum absolute atomic E-state index is 13.1. The van der Waals surface area contributed by atoms with Gasteiger partial charge in [-0.3, -0.25) is 9.69 Å². The minimum Gasteiger partial charge on any atom is -0.493 e. The zero-order valence-corrected chi connectivity index (χ0v) is 16.6. The molecular weight excluding hydrogens is 381 g/mol. The SMILES string of the molecule is CCN(C(=O)Cc1ccc(OC)c(OC)c1)c1nnc(-c2ccc(F)cc2)s1. The van der Waals surface area contributed by atoms with Crippen LogP contribution in [0.25, 0.3) is 10.6 Å². The Morgan fingerprint density at radius 2 is 1.79 bits per heavy atom. The van der Waals surface area contributed by atoms with Crippen molar-refractivity contribution in [3.8, 4) is 22.1 Å². The van der Waals surface area contributed by atoms with E-state index in [0.29, 0.717) is 28.2 Å². The summed E-state index contributed by atoms with van der Waals surface area (Å²) in [5, 5.41) is 9.42. The van der Waals surface area contributed by atoms with Gasteiger partial charge in [0.05, 0.1) is 20.6 Å². The molecule has 0 fully saturated rings. The molecule has 0 unspecified atom stereocenters. The Balaban J connectivity index is 1.78. The molecule has 0 aliphatic carbocycles. The number of nitrogens with zero attached hydrogens (tertiary/aromatic N) is 3. The van der Waals surface area contributed by atoms with Crippen molar-refractivity contribution >= 4 is 22.4 Å². The number of likely N-dealkylation sites (N-methyl/N-ethyl adjacent to an activating group) is 1. The lowest BCUT2D eigenvalue weighted by atomic mass is 10.1. The Morgan fingerprint density at radius 1 is 1.07 bits per heavy atom. The minimum atomic E-state index is -0.311. The molecule has 0 radical (unpaired) electrons. The standard InChI is InChI=1S/C20H20FN3O3S/c1-4-24(18(25)12-13-5-10-16(26-2)17(11-13)27-3)20-23-22-19(28-20)14-6-8-15(21)9-7-14/h5-11H,4,12H2,1-3H3. The molecule has 28 heavy (non-hydrogen) atoms. The molecule has 0 aliphatic rings. The van der Waals surface area contributed by atoms with Crippen molar-refractivity contribution in [3.63, 3.8) is 0 Å². The third-order valence-corrected chi connectivity index (χ3v) is 5.15. The predicted octanol–water partition coefficient (Wildman–Crippen LogP) is 3.96. The van der Waals surface area contributed by atoms with Gasteiger partial charge in [0, 0.05) is 12.1 Å². The van der Waals surface area contributed by atoms with Gasteiger partial charge in [0.2, 0.25) is 11.0 Å². The minimum absolute atomic E-state index is 0.100. The summed E-state index contributed by atoms with van der Waals surface area (Å²) in [6, 6.07) is 11.4. The summed E-state index contributed by atoms with van der Waals surface area (Å²) in [4.78, 5) is 14.4. The first-order chi connectivity index (χ1) is 13.5. The fourth-order valence-electron chi connectivity index (χ4n) is 2.71. The Labute approximate surface area is 166 Å². The summed E-state index contributed by atoms with van der Waals surface area (Å²) in [5.41, 5.74) is 1.57. The maximum atomic E-state index is 13.1. The van der Waals surface area contributed by atoms with Crippen molar-refractivity contribution in [1.82, 2.24) is 10.2 Å². The highest BCUT2D eigenvalue weighted by Crippen LogP contribution is 2.30. The monoisotopic (exact) mass is 401 g/mol. The summed E-state index contributed by atoms with van der Waals surface area (Å²) in [5.74, 6) is 0.773. The number of hydrogen-bond acceptors (Lipinski definition) is 6. The average Bonchev–Trinajstić information content (AvgIpc) is 3.18. The number of methoxy groups -OCH3 is 2. The lowest BCUT2D eigenvalue weighted by Gasteiger charge is -2.17. The van der Waals surface area contributed by atoms with Crippen LogP contribution in [0.15, 0.2) is 42.5 Å². The Morgan fingerprint density at radius 3 is 2.43 bits per heavy atom. The van der Waals surface area contributed by atoms with Crippen LogP contribution in [0, 0.1) is 5.82 Å². The molecular formula is C20H20FN3O3S.